The fraction of sp³-hybridized carbons (Fsp3) is 0.412. The summed E-state index contributed by atoms with van der Waals surface area (Å²) in [7, 11) is -5.87. The van der Waals surface area contributed by atoms with Crippen molar-refractivity contribution in [2.75, 3.05) is 12.3 Å². The van der Waals surface area contributed by atoms with Crippen molar-refractivity contribution in [2.24, 2.45) is 11.8 Å². The van der Waals surface area contributed by atoms with E-state index in [2.05, 4.69) is 77.4 Å². The summed E-state index contributed by atoms with van der Waals surface area (Å²) in [5.74, 6) is 1.58. The molecule has 0 aromatic heterocycles. The van der Waals surface area contributed by atoms with E-state index in [9.17, 15) is 5.11 Å². The lowest BCUT2D eigenvalue weighted by Crippen LogP contribution is -2.41. The van der Waals surface area contributed by atoms with Gasteiger partial charge in [0.05, 0.1) is 0 Å². The van der Waals surface area contributed by atoms with Gasteiger partial charge in [-0.1, -0.05) is 165 Å². The van der Waals surface area contributed by atoms with Gasteiger partial charge in [0.1, 0.15) is 20.0 Å². The van der Waals surface area contributed by atoms with Gasteiger partial charge in [-0.2, -0.15) is 0 Å². The molecule has 2 aliphatic carbocycles. The highest BCUT2D eigenvalue weighted by molar-refractivity contribution is 7.79. The highest BCUT2D eigenvalue weighted by Gasteiger charge is 2.47. The topological polar surface area (TPSA) is 60.9 Å². The number of benzene rings is 5. The van der Waals surface area contributed by atoms with Crippen LogP contribution in [0.25, 0.3) is 0 Å². The minimum absolute atomic E-state index is 0.152. The van der Waals surface area contributed by atoms with E-state index in [-0.39, 0.29) is 12.1 Å². The number of aromatic hydroxyl groups is 1. The van der Waals surface area contributed by atoms with Crippen LogP contribution >= 0.6 is 14.3 Å². The fourth-order valence-electron chi connectivity index (χ4n) is 11.7. The van der Waals surface area contributed by atoms with Gasteiger partial charge in [-0.15, -0.1) is 0 Å². The largest absolute Gasteiger partial charge is 0.507 e. The van der Waals surface area contributed by atoms with Crippen LogP contribution in [-0.2, 0) is 22.2 Å². The smallest absolute Gasteiger partial charge is 0.144 e. The molecule has 9 rings (SSSR count). The lowest BCUT2D eigenvalue weighted by molar-refractivity contribution is 0.145. The zero-order valence-electron chi connectivity index (χ0n) is 34.1. The molecule has 5 aromatic rings. The van der Waals surface area contributed by atoms with Gasteiger partial charge in [-0.05, 0) is 57.3 Å². The van der Waals surface area contributed by atoms with E-state index in [0.29, 0.717) is 55.1 Å². The van der Waals surface area contributed by atoms with Crippen LogP contribution in [0.4, 0.5) is 0 Å². The number of hydrogen-bond donors (Lipinski definition) is 1. The molecular weight excluding hydrogens is 751 g/mol. The Morgan fingerprint density at radius 1 is 0.517 bits per heavy atom. The summed E-state index contributed by atoms with van der Waals surface area (Å²) in [4.78, 5) is 5.32. The first-order valence-electron chi connectivity index (χ1n) is 22.0. The highest BCUT2D eigenvalue weighted by atomic mass is 31.2. The average molecular weight is 811 g/mol. The summed E-state index contributed by atoms with van der Waals surface area (Å²) in [5.41, 5.74) is 3.12. The van der Waals surface area contributed by atoms with Crippen LogP contribution in [0.5, 0.6) is 5.75 Å². The second kappa shape index (κ2) is 17.1. The van der Waals surface area contributed by atoms with E-state index in [1.807, 2.05) is 72.8 Å². The zero-order chi connectivity index (χ0) is 39.7. The third-order valence-electron chi connectivity index (χ3n) is 14.4. The fourth-order valence-corrected chi connectivity index (χ4v) is 17.7. The lowest BCUT2D eigenvalue weighted by Gasteiger charge is -2.36. The van der Waals surface area contributed by atoms with E-state index in [1.165, 1.54) is 38.5 Å². The number of nitrogens with zero attached hydrogens (tertiary/aromatic N) is 2. The Labute approximate surface area is 346 Å². The van der Waals surface area contributed by atoms with Gasteiger partial charge in [0.2, 0.25) is 0 Å². The van der Waals surface area contributed by atoms with Gasteiger partial charge in [-0.25, -0.2) is 0 Å². The molecule has 5 nitrogen and oxygen atoms in total. The van der Waals surface area contributed by atoms with Crippen molar-refractivity contribution in [3.63, 3.8) is 0 Å². The maximum atomic E-state index is 15.5. The third kappa shape index (κ3) is 7.86. The SMILES string of the molecule is Cc1cc(CN2[C@H](CP(=O)(c3ccccc3)c3ccccc3)C[C@@H]3CCCC[C@@H]32)c(O)c(CN2[C@H](CP(=O)(c3ccccc3)c3ccccc3)C[C@@H]3CCCC[C@@H]32)c1. The van der Waals surface area contributed by atoms with Crippen molar-refractivity contribution in [1.29, 1.82) is 0 Å². The monoisotopic (exact) mass is 810 g/mol. The first-order chi connectivity index (χ1) is 28.3. The quantitative estimate of drug-likeness (QED) is 0.127. The first kappa shape index (κ1) is 39.7. The van der Waals surface area contributed by atoms with E-state index >= 15 is 9.13 Å². The number of phenols is 1. The molecule has 302 valence electrons. The molecule has 2 saturated carbocycles. The van der Waals surface area contributed by atoms with E-state index in [1.54, 1.807) is 0 Å². The van der Waals surface area contributed by atoms with Crippen LogP contribution < -0.4 is 21.2 Å². The molecule has 0 radical (unpaired) electrons. The molecule has 2 saturated heterocycles. The Balaban J connectivity index is 1.03. The molecule has 4 aliphatic rings. The van der Waals surface area contributed by atoms with Gasteiger partial charge >= 0.3 is 0 Å². The van der Waals surface area contributed by atoms with Crippen LogP contribution in [-0.4, -0.2) is 51.4 Å². The van der Waals surface area contributed by atoms with Gasteiger partial charge in [0.25, 0.3) is 0 Å². The molecule has 4 fully saturated rings. The predicted molar refractivity (Wildman–Crippen MR) is 241 cm³/mol. The van der Waals surface area contributed by atoms with Crippen LogP contribution in [0.2, 0.25) is 0 Å². The maximum Gasteiger partial charge on any atom is 0.144 e. The van der Waals surface area contributed by atoms with E-state index < -0.39 is 14.3 Å². The Kier molecular flexibility index (Phi) is 11.7. The molecule has 58 heavy (non-hydrogen) atoms. The average Bonchev–Trinajstić information content (AvgIpc) is 3.79. The van der Waals surface area contributed by atoms with Crippen LogP contribution in [0.3, 0.4) is 0 Å². The number of phenolic OH excluding ortho intramolecular Hbond substituents is 1. The molecule has 0 spiro atoms. The summed E-state index contributed by atoms with van der Waals surface area (Å²) in [6.45, 7) is 3.48. The Morgan fingerprint density at radius 3 is 1.19 bits per heavy atom. The summed E-state index contributed by atoms with van der Waals surface area (Å²) in [5, 5.41) is 16.1. The minimum Gasteiger partial charge on any atom is -0.507 e. The molecule has 2 heterocycles. The molecule has 0 amide bonds. The molecule has 1 N–H and O–H groups in total. The van der Waals surface area contributed by atoms with Crippen molar-refractivity contribution >= 4 is 35.5 Å². The van der Waals surface area contributed by atoms with Crippen LogP contribution in [0.1, 0.15) is 80.9 Å². The van der Waals surface area contributed by atoms with Crippen molar-refractivity contribution < 1.29 is 14.2 Å². The minimum atomic E-state index is -2.94. The number of aryl methyl sites for hydroxylation is 1. The number of likely N-dealkylation sites (tertiary alicyclic amines) is 2. The third-order valence-corrected chi connectivity index (χ3v) is 20.8. The van der Waals surface area contributed by atoms with Gasteiger partial charge < -0.3 is 14.2 Å². The molecule has 0 bridgehead atoms. The van der Waals surface area contributed by atoms with E-state index in [4.69, 9.17) is 0 Å². The Hall–Kier alpha value is -3.72. The van der Waals surface area contributed by atoms with Crippen molar-refractivity contribution in [2.45, 2.75) is 108 Å². The summed E-state index contributed by atoms with van der Waals surface area (Å²) < 4.78 is 30.9. The molecule has 6 atom stereocenters. The second-order valence-electron chi connectivity index (χ2n) is 18.0. The summed E-state index contributed by atoms with van der Waals surface area (Å²) in [6.07, 6.45) is 13.0. The standard InChI is InChI=1S/C51H60N2O3P2/c1-38-30-41(34-52-43(32-39-18-14-16-28-49(39)52)36-57(55,45-20-6-2-7-21-45)46-22-8-3-9-23-46)51(54)42(31-38)35-53-44(33-40-19-15-17-29-50(40)53)37-58(56,47-24-10-4-11-25-47)48-26-12-5-13-27-48/h2-13,20-27,30-31,39-40,43-44,49-50,54H,14-19,28-29,32-37H2,1H3/t39-,40-,43-,44-,49-,50-/m0/s1. The van der Waals surface area contributed by atoms with Gasteiger partial charge in [0, 0.05) is 81.9 Å². The van der Waals surface area contributed by atoms with Gasteiger partial charge in [-0.3, -0.25) is 9.80 Å². The second-order valence-corrected chi connectivity index (χ2v) is 23.7. The van der Waals surface area contributed by atoms with Crippen molar-refractivity contribution in [3.8, 4) is 5.75 Å². The zero-order valence-corrected chi connectivity index (χ0v) is 35.9. The number of fused-ring (bicyclic) bond motifs is 2. The molecule has 2 aliphatic heterocycles. The summed E-state index contributed by atoms with van der Waals surface area (Å²) in [6, 6.07) is 46.2. The first-order valence-corrected chi connectivity index (χ1v) is 25.8. The molecule has 0 unspecified atom stereocenters. The molecular formula is C51H60N2O3P2. The number of rotatable bonds is 12. The lowest BCUT2D eigenvalue weighted by atomic mass is 9.84. The predicted octanol–water partition coefficient (Wildman–Crippen LogP) is 10.00. The Bertz CT molecular complexity index is 2010. The number of hydrogen-bond acceptors (Lipinski definition) is 5. The Morgan fingerprint density at radius 2 is 0.845 bits per heavy atom. The normalized spacial score (nSPS) is 25.3. The van der Waals surface area contributed by atoms with Crippen LogP contribution in [0, 0.1) is 18.8 Å². The molecule has 5 aromatic carbocycles. The van der Waals surface area contributed by atoms with Crippen LogP contribution in [0.15, 0.2) is 133 Å². The molecule has 7 heteroatoms. The van der Waals surface area contributed by atoms with Crippen molar-refractivity contribution in [3.05, 3.63) is 150 Å². The maximum absolute atomic E-state index is 15.5. The summed E-state index contributed by atoms with van der Waals surface area (Å²) >= 11 is 0. The van der Waals surface area contributed by atoms with Gasteiger partial charge in [0.15, 0.2) is 0 Å². The highest BCUT2D eigenvalue weighted by Crippen LogP contribution is 2.52. The van der Waals surface area contributed by atoms with Crippen molar-refractivity contribution in [1.82, 2.24) is 9.80 Å². The van der Waals surface area contributed by atoms with E-state index in [0.717, 1.165) is 63.6 Å².